The Morgan fingerprint density at radius 3 is 1.14 bits per heavy atom. The summed E-state index contributed by atoms with van der Waals surface area (Å²) in [6, 6.07) is 0. The number of rotatable bonds is 6. The van der Waals surface area contributed by atoms with Gasteiger partial charge in [-0.1, -0.05) is 59.8 Å². The van der Waals surface area contributed by atoms with Gasteiger partial charge in [0.1, 0.15) is 0 Å². The molecule has 0 aromatic carbocycles. The van der Waals surface area contributed by atoms with Crippen molar-refractivity contribution >= 4 is 0 Å². The van der Waals surface area contributed by atoms with Crippen LogP contribution in [0, 0.1) is 0 Å². The maximum absolute atomic E-state index is 5.06. The molecule has 0 atom stereocenters. The molecule has 90 valence electrons. The highest BCUT2D eigenvalue weighted by molar-refractivity contribution is 4.36. The highest BCUT2D eigenvalue weighted by Crippen LogP contribution is 2.00. The van der Waals surface area contributed by atoms with Crippen molar-refractivity contribution in [3.8, 4) is 0 Å². The summed E-state index contributed by atoms with van der Waals surface area (Å²) in [6.45, 7) is 9.93. The zero-order valence-electron chi connectivity index (χ0n) is 10.8. The van der Waals surface area contributed by atoms with Crippen LogP contribution in [0.25, 0.3) is 0 Å². The van der Waals surface area contributed by atoms with Crippen LogP contribution in [0.1, 0.15) is 66.2 Å². The first kappa shape index (κ1) is 19.5. The van der Waals surface area contributed by atoms with Gasteiger partial charge in [0.25, 0.3) is 0 Å². The van der Waals surface area contributed by atoms with E-state index in [-0.39, 0.29) is 0 Å². The Morgan fingerprint density at radius 1 is 0.643 bits per heavy atom. The van der Waals surface area contributed by atoms with Crippen molar-refractivity contribution in [2.75, 3.05) is 13.1 Å². The molecule has 0 saturated carbocycles. The van der Waals surface area contributed by atoms with Crippen LogP contribution < -0.4 is 11.5 Å². The minimum atomic E-state index is 0.719. The third-order valence-electron chi connectivity index (χ3n) is 1.62. The topological polar surface area (TPSA) is 52.0 Å². The lowest BCUT2D eigenvalue weighted by molar-refractivity contribution is 0.656. The van der Waals surface area contributed by atoms with E-state index in [9.17, 15) is 0 Å². The van der Waals surface area contributed by atoms with E-state index in [1.54, 1.807) is 0 Å². The number of hydrogen-bond donors (Lipinski definition) is 2. The van der Waals surface area contributed by atoms with E-state index in [4.69, 9.17) is 11.5 Å². The molecule has 2 nitrogen and oxygen atoms in total. The van der Waals surface area contributed by atoms with Crippen LogP contribution in [0.15, 0.2) is 0 Å². The molecular formula is C12H32N2. The molecule has 0 spiro atoms. The van der Waals surface area contributed by atoms with Gasteiger partial charge in [0.05, 0.1) is 0 Å². The average molecular weight is 204 g/mol. The zero-order chi connectivity index (χ0) is 11.7. The van der Waals surface area contributed by atoms with Crippen molar-refractivity contribution in [3.05, 3.63) is 0 Å². The van der Waals surface area contributed by atoms with Gasteiger partial charge in [-0.15, -0.1) is 0 Å². The Morgan fingerprint density at radius 2 is 1.00 bits per heavy atom. The summed E-state index contributed by atoms with van der Waals surface area (Å²) in [6.07, 6.45) is 7.95. The molecule has 0 radical (unpaired) electrons. The van der Waals surface area contributed by atoms with Gasteiger partial charge in [-0.3, -0.25) is 0 Å². The largest absolute Gasteiger partial charge is 0.330 e. The van der Waals surface area contributed by atoms with Gasteiger partial charge in [-0.05, 0) is 19.5 Å². The van der Waals surface area contributed by atoms with E-state index >= 15 is 0 Å². The van der Waals surface area contributed by atoms with Gasteiger partial charge >= 0.3 is 0 Å². The maximum atomic E-state index is 5.06. The molecule has 0 rings (SSSR count). The molecule has 0 aromatic heterocycles. The molecule has 0 saturated heterocycles. The smallest absolute Gasteiger partial charge is 0.00653 e. The summed E-state index contributed by atoms with van der Waals surface area (Å²) in [5.74, 6) is 0. The zero-order valence-corrected chi connectivity index (χ0v) is 10.8. The van der Waals surface area contributed by atoms with E-state index in [2.05, 4.69) is 13.8 Å². The third-order valence-corrected chi connectivity index (χ3v) is 1.62. The van der Waals surface area contributed by atoms with Gasteiger partial charge in [0.2, 0.25) is 0 Å². The van der Waals surface area contributed by atoms with Crippen LogP contribution in [-0.2, 0) is 0 Å². The fourth-order valence-corrected chi connectivity index (χ4v) is 0.795. The standard InChI is InChI=1S/C7H16.C3H10N2.C2H6/c1-3-5-7-6-4-2;4-2-1-3-5;1-2/h3-7H2,1-2H3;1-5H2;1-2H3. The summed E-state index contributed by atoms with van der Waals surface area (Å²) in [7, 11) is 0. The molecule has 0 unspecified atom stereocenters. The van der Waals surface area contributed by atoms with E-state index in [0.29, 0.717) is 0 Å². The predicted octanol–water partition coefficient (Wildman–Crippen LogP) is 3.30. The van der Waals surface area contributed by atoms with Crippen LogP contribution in [0.2, 0.25) is 0 Å². The van der Waals surface area contributed by atoms with Crippen LogP contribution in [0.4, 0.5) is 0 Å². The van der Waals surface area contributed by atoms with Crippen molar-refractivity contribution in [3.63, 3.8) is 0 Å². The van der Waals surface area contributed by atoms with Gasteiger partial charge in [-0.2, -0.15) is 0 Å². The van der Waals surface area contributed by atoms with Crippen LogP contribution >= 0.6 is 0 Å². The van der Waals surface area contributed by atoms with Gasteiger partial charge in [-0.25, -0.2) is 0 Å². The van der Waals surface area contributed by atoms with E-state index in [0.717, 1.165) is 19.5 Å². The van der Waals surface area contributed by atoms with Crippen molar-refractivity contribution in [2.45, 2.75) is 66.2 Å². The Balaban J connectivity index is -0.000000152. The lowest BCUT2D eigenvalue weighted by atomic mass is 10.2. The Bertz CT molecular complexity index is 50.3. The first-order valence-corrected chi connectivity index (χ1v) is 6.23. The molecule has 0 aliphatic heterocycles. The third kappa shape index (κ3) is 40.6. The molecule has 0 aromatic rings. The summed E-state index contributed by atoms with van der Waals surface area (Å²) in [5, 5.41) is 0. The summed E-state index contributed by atoms with van der Waals surface area (Å²) >= 11 is 0. The van der Waals surface area contributed by atoms with Crippen LogP contribution in [0.3, 0.4) is 0 Å². The molecule has 0 heterocycles. The summed E-state index contributed by atoms with van der Waals surface area (Å²) < 4.78 is 0. The minimum Gasteiger partial charge on any atom is -0.330 e. The van der Waals surface area contributed by atoms with Gasteiger partial charge in [0, 0.05) is 0 Å². The Labute approximate surface area is 91.4 Å². The number of nitrogens with two attached hydrogens (primary N) is 2. The molecule has 0 bridgehead atoms. The first-order valence-electron chi connectivity index (χ1n) is 6.23. The SMILES string of the molecule is CC.CCCCCCC.NCCCN. The molecular weight excluding hydrogens is 172 g/mol. The quantitative estimate of drug-likeness (QED) is 0.652. The van der Waals surface area contributed by atoms with E-state index in [1.165, 1.54) is 32.1 Å². The Hall–Kier alpha value is -0.0800. The van der Waals surface area contributed by atoms with E-state index in [1.807, 2.05) is 13.8 Å². The maximum Gasteiger partial charge on any atom is -0.00653 e. The summed E-state index contributed by atoms with van der Waals surface area (Å²) in [4.78, 5) is 0. The molecule has 14 heavy (non-hydrogen) atoms. The van der Waals surface area contributed by atoms with Crippen molar-refractivity contribution in [1.29, 1.82) is 0 Å². The highest BCUT2D eigenvalue weighted by Gasteiger charge is 1.80. The van der Waals surface area contributed by atoms with E-state index < -0.39 is 0 Å². The molecule has 2 heteroatoms. The minimum absolute atomic E-state index is 0.719. The van der Waals surface area contributed by atoms with Crippen molar-refractivity contribution < 1.29 is 0 Å². The predicted molar refractivity (Wildman–Crippen MR) is 68.5 cm³/mol. The molecule has 4 N–H and O–H groups in total. The first-order chi connectivity index (χ1) is 6.83. The molecule has 0 aliphatic rings. The van der Waals surface area contributed by atoms with Crippen LogP contribution in [-0.4, -0.2) is 13.1 Å². The van der Waals surface area contributed by atoms with Crippen molar-refractivity contribution in [1.82, 2.24) is 0 Å². The fourth-order valence-electron chi connectivity index (χ4n) is 0.795. The molecule has 0 aliphatic carbocycles. The summed E-state index contributed by atoms with van der Waals surface area (Å²) in [5.41, 5.74) is 10.1. The second kappa shape index (κ2) is 29.3. The highest BCUT2D eigenvalue weighted by atomic mass is 14.6. The normalized spacial score (nSPS) is 8.14. The van der Waals surface area contributed by atoms with Gasteiger partial charge < -0.3 is 11.5 Å². The second-order valence-corrected chi connectivity index (χ2v) is 2.99. The van der Waals surface area contributed by atoms with Crippen LogP contribution in [0.5, 0.6) is 0 Å². The molecule has 0 amide bonds. The number of hydrogen-bond acceptors (Lipinski definition) is 2. The fraction of sp³-hybridized carbons (Fsp3) is 1.00. The second-order valence-electron chi connectivity index (χ2n) is 2.99. The lowest BCUT2D eigenvalue weighted by Gasteiger charge is -1.90. The van der Waals surface area contributed by atoms with Crippen molar-refractivity contribution in [2.24, 2.45) is 11.5 Å². The lowest BCUT2D eigenvalue weighted by Crippen LogP contribution is -2.06. The van der Waals surface area contributed by atoms with Gasteiger partial charge in [0.15, 0.2) is 0 Å². The Kier molecular flexibility index (Phi) is 40.7. The monoisotopic (exact) mass is 204 g/mol. The number of unbranched alkanes of at least 4 members (excludes halogenated alkanes) is 4. The average Bonchev–Trinajstić information content (AvgIpc) is 2.24. The molecule has 0 fully saturated rings.